The number of rotatable bonds is 7. The minimum absolute atomic E-state index is 0.00000758. The van der Waals surface area contributed by atoms with Gasteiger partial charge in [0.1, 0.15) is 0 Å². The molecule has 0 bridgehead atoms. The Bertz CT molecular complexity index is 490. The van der Waals surface area contributed by atoms with Crippen molar-refractivity contribution in [3.05, 3.63) is 35.4 Å². The van der Waals surface area contributed by atoms with Crippen molar-refractivity contribution >= 4 is 11.8 Å². The predicted molar refractivity (Wildman–Crippen MR) is 82.5 cm³/mol. The molecule has 1 aliphatic carbocycles. The van der Waals surface area contributed by atoms with Crippen LogP contribution in [0.1, 0.15) is 61.4 Å². The third-order valence-corrected chi connectivity index (χ3v) is 4.48. The van der Waals surface area contributed by atoms with Gasteiger partial charge in [0.2, 0.25) is 0 Å². The van der Waals surface area contributed by atoms with Crippen molar-refractivity contribution in [3.63, 3.8) is 0 Å². The van der Waals surface area contributed by atoms with Crippen LogP contribution in [0.2, 0.25) is 0 Å². The van der Waals surface area contributed by atoms with Crippen LogP contribution in [0.15, 0.2) is 24.3 Å². The molecule has 1 aromatic rings. The minimum atomic E-state index is -0.831. The lowest BCUT2D eigenvalue weighted by Crippen LogP contribution is -2.25. The Morgan fingerprint density at radius 3 is 2.38 bits per heavy atom. The number of carboxylic acids is 1. The number of carboxylic acid groups (broad SMARTS) is 1. The molecule has 2 atom stereocenters. The Kier molecular flexibility index (Phi) is 5.54. The molecule has 21 heavy (non-hydrogen) atoms. The van der Waals surface area contributed by atoms with Crippen molar-refractivity contribution in [1.29, 1.82) is 0 Å². The molecule has 0 amide bonds. The van der Waals surface area contributed by atoms with Crippen LogP contribution in [0.25, 0.3) is 0 Å². The van der Waals surface area contributed by atoms with Gasteiger partial charge < -0.3 is 5.11 Å². The second-order valence-corrected chi connectivity index (χ2v) is 6.00. The molecule has 2 unspecified atom stereocenters. The zero-order valence-corrected chi connectivity index (χ0v) is 12.7. The molecule has 1 aromatic carbocycles. The second-order valence-electron chi connectivity index (χ2n) is 6.00. The summed E-state index contributed by atoms with van der Waals surface area (Å²) in [4.78, 5) is 23.7. The maximum Gasteiger partial charge on any atom is 0.307 e. The van der Waals surface area contributed by atoms with Crippen LogP contribution in [0.5, 0.6) is 0 Å². The van der Waals surface area contributed by atoms with Gasteiger partial charge in [-0.3, -0.25) is 9.59 Å². The fraction of sp³-hybridized carbons (Fsp3) is 0.556. The Balaban J connectivity index is 2.01. The lowest BCUT2D eigenvalue weighted by molar-refractivity contribution is -0.142. The van der Waals surface area contributed by atoms with Crippen LogP contribution >= 0.6 is 0 Å². The molecule has 0 radical (unpaired) electrons. The molecule has 0 spiro atoms. The van der Waals surface area contributed by atoms with Crippen LogP contribution in [-0.4, -0.2) is 16.9 Å². The summed E-state index contributed by atoms with van der Waals surface area (Å²) in [6, 6.07) is 7.74. The van der Waals surface area contributed by atoms with Gasteiger partial charge in [-0.1, -0.05) is 50.5 Å². The molecule has 1 aliphatic rings. The van der Waals surface area contributed by atoms with E-state index in [2.05, 4.69) is 6.92 Å². The molecule has 1 N–H and O–H groups in total. The summed E-state index contributed by atoms with van der Waals surface area (Å²) in [5, 5.41) is 9.19. The van der Waals surface area contributed by atoms with Crippen LogP contribution in [-0.2, 0) is 11.2 Å². The number of aryl methyl sites for hydroxylation is 1. The first-order valence-corrected chi connectivity index (χ1v) is 7.99. The number of Topliss-reactive ketones (excluding diaryl/α,β-unsaturated/α-hetero) is 1. The molecule has 0 aromatic heterocycles. The fourth-order valence-electron chi connectivity index (χ4n) is 3.20. The maximum atomic E-state index is 12.5. The van der Waals surface area contributed by atoms with Crippen molar-refractivity contribution in [2.45, 2.75) is 51.9 Å². The maximum absolute atomic E-state index is 12.5. The van der Waals surface area contributed by atoms with Gasteiger partial charge in [0, 0.05) is 11.5 Å². The zero-order valence-electron chi connectivity index (χ0n) is 12.7. The number of benzene rings is 1. The molecular weight excluding hydrogens is 264 g/mol. The van der Waals surface area contributed by atoms with Gasteiger partial charge in [0.05, 0.1) is 5.92 Å². The first kappa shape index (κ1) is 15.7. The number of hydrogen-bond acceptors (Lipinski definition) is 2. The van der Waals surface area contributed by atoms with Crippen molar-refractivity contribution in [1.82, 2.24) is 0 Å². The van der Waals surface area contributed by atoms with Gasteiger partial charge in [-0.15, -0.1) is 0 Å². The number of unbranched alkanes of at least 4 members (excludes halogenated alkanes) is 2. The third-order valence-electron chi connectivity index (χ3n) is 4.48. The molecule has 0 aliphatic heterocycles. The summed E-state index contributed by atoms with van der Waals surface area (Å²) in [7, 11) is 0. The summed E-state index contributed by atoms with van der Waals surface area (Å²) >= 11 is 0. The quantitative estimate of drug-likeness (QED) is 0.607. The standard InChI is InChI=1S/C18H24O3/c1-2-3-4-6-13-9-11-14(12-10-13)17(19)15-7-5-8-16(15)18(20)21/h9-12,15-16H,2-8H2,1H3,(H,20,21). The largest absolute Gasteiger partial charge is 0.481 e. The highest BCUT2D eigenvalue weighted by Crippen LogP contribution is 2.34. The summed E-state index contributed by atoms with van der Waals surface area (Å²) < 4.78 is 0. The number of carbonyl (C=O) groups is 2. The summed E-state index contributed by atoms with van der Waals surface area (Å²) in [6.45, 7) is 2.18. The number of ketones is 1. The summed E-state index contributed by atoms with van der Waals surface area (Å²) in [5.74, 6) is -1.67. The van der Waals surface area contributed by atoms with Crippen LogP contribution < -0.4 is 0 Å². The highest BCUT2D eigenvalue weighted by molar-refractivity contribution is 6.00. The average Bonchev–Trinajstić information content (AvgIpc) is 2.97. The van der Waals surface area contributed by atoms with E-state index in [1.807, 2.05) is 24.3 Å². The molecule has 0 heterocycles. The van der Waals surface area contributed by atoms with Crippen LogP contribution in [0.3, 0.4) is 0 Å². The lowest BCUT2D eigenvalue weighted by atomic mass is 9.88. The van der Waals surface area contributed by atoms with E-state index in [0.717, 1.165) is 12.8 Å². The van der Waals surface area contributed by atoms with E-state index in [1.165, 1.54) is 24.8 Å². The molecule has 1 fully saturated rings. The molecule has 3 heteroatoms. The van der Waals surface area contributed by atoms with E-state index in [0.29, 0.717) is 18.4 Å². The van der Waals surface area contributed by atoms with Crippen molar-refractivity contribution < 1.29 is 14.7 Å². The first-order valence-electron chi connectivity index (χ1n) is 7.99. The number of hydrogen-bond donors (Lipinski definition) is 1. The Morgan fingerprint density at radius 2 is 1.76 bits per heavy atom. The zero-order chi connectivity index (χ0) is 15.2. The number of aliphatic carboxylic acids is 1. The van der Waals surface area contributed by atoms with Gasteiger partial charge in [-0.25, -0.2) is 0 Å². The monoisotopic (exact) mass is 288 g/mol. The molecule has 0 saturated heterocycles. The minimum Gasteiger partial charge on any atom is -0.481 e. The Hall–Kier alpha value is -1.64. The third kappa shape index (κ3) is 3.93. The van der Waals surface area contributed by atoms with E-state index >= 15 is 0 Å². The normalized spacial score (nSPS) is 21.4. The summed E-state index contributed by atoms with van der Waals surface area (Å²) in [5.41, 5.74) is 1.91. The van der Waals surface area contributed by atoms with E-state index in [4.69, 9.17) is 0 Å². The van der Waals surface area contributed by atoms with Gasteiger partial charge in [-0.05, 0) is 31.2 Å². The van der Waals surface area contributed by atoms with Crippen molar-refractivity contribution in [2.24, 2.45) is 11.8 Å². The van der Waals surface area contributed by atoms with E-state index in [9.17, 15) is 14.7 Å². The van der Waals surface area contributed by atoms with Crippen molar-refractivity contribution in [2.75, 3.05) is 0 Å². The lowest BCUT2D eigenvalue weighted by Gasteiger charge is -2.14. The Labute approximate surface area is 126 Å². The number of carbonyl (C=O) groups excluding carboxylic acids is 1. The second kappa shape index (κ2) is 7.39. The predicted octanol–water partition coefficient (Wildman–Crippen LogP) is 4.10. The van der Waals surface area contributed by atoms with E-state index in [1.54, 1.807) is 0 Å². The van der Waals surface area contributed by atoms with Crippen LogP contribution in [0.4, 0.5) is 0 Å². The Morgan fingerprint density at radius 1 is 1.10 bits per heavy atom. The molecule has 114 valence electrons. The van der Waals surface area contributed by atoms with E-state index in [-0.39, 0.29) is 11.7 Å². The van der Waals surface area contributed by atoms with Crippen LogP contribution in [0, 0.1) is 11.8 Å². The van der Waals surface area contributed by atoms with E-state index < -0.39 is 11.9 Å². The first-order chi connectivity index (χ1) is 10.1. The molecule has 1 saturated carbocycles. The SMILES string of the molecule is CCCCCc1ccc(C(=O)C2CCCC2C(=O)O)cc1. The van der Waals surface area contributed by atoms with Gasteiger partial charge >= 0.3 is 5.97 Å². The smallest absolute Gasteiger partial charge is 0.307 e. The molecular formula is C18H24O3. The van der Waals surface area contributed by atoms with Gasteiger partial charge in [0.15, 0.2) is 5.78 Å². The van der Waals surface area contributed by atoms with Gasteiger partial charge in [-0.2, -0.15) is 0 Å². The average molecular weight is 288 g/mol. The highest BCUT2D eigenvalue weighted by atomic mass is 16.4. The van der Waals surface area contributed by atoms with Gasteiger partial charge in [0.25, 0.3) is 0 Å². The molecule has 2 rings (SSSR count). The van der Waals surface area contributed by atoms with Crippen molar-refractivity contribution in [3.8, 4) is 0 Å². The molecule has 3 nitrogen and oxygen atoms in total. The topological polar surface area (TPSA) is 54.4 Å². The fourth-order valence-corrected chi connectivity index (χ4v) is 3.20. The summed E-state index contributed by atoms with van der Waals surface area (Å²) in [6.07, 6.45) is 6.81. The highest BCUT2D eigenvalue weighted by Gasteiger charge is 2.37.